The summed E-state index contributed by atoms with van der Waals surface area (Å²) >= 11 is 0. The highest BCUT2D eigenvalue weighted by Crippen LogP contribution is 2.26. The Bertz CT molecular complexity index is 603. The van der Waals surface area contributed by atoms with Crippen LogP contribution in [0.1, 0.15) is 33.1 Å². The van der Waals surface area contributed by atoms with Crippen LogP contribution in [0.4, 0.5) is 11.4 Å². The average Bonchev–Trinajstić information content (AvgIpc) is 2.45. The molecule has 8 nitrogen and oxygen atoms in total. The molecule has 1 unspecified atom stereocenters. The number of nitrogens with two attached hydrogens (primary N) is 1. The summed E-state index contributed by atoms with van der Waals surface area (Å²) in [4.78, 5) is 10.1. The number of hydrazine groups is 1. The molecule has 0 spiro atoms. The highest BCUT2D eigenvalue weighted by molar-refractivity contribution is 7.89. The Morgan fingerprint density at radius 2 is 2.05 bits per heavy atom. The van der Waals surface area contributed by atoms with Gasteiger partial charge in [-0.1, -0.05) is 20.3 Å². The number of nitro benzene ring substituents is 1. The predicted molar refractivity (Wildman–Crippen MR) is 80.2 cm³/mol. The van der Waals surface area contributed by atoms with Gasteiger partial charge in [-0.25, -0.2) is 13.1 Å². The normalized spacial score (nSPS) is 12.9. The van der Waals surface area contributed by atoms with Gasteiger partial charge < -0.3 is 5.43 Å². The third-order valence-electron chi connectivity index (χ3n) is 3.08. The van der Waals surface area contributed by atoms with E-state index in [9.17, 15) is 18.5 Å². The SMILES string of the molecule is CCCC(CC)NS(=O)(=O)c1ccc(NN)c([N+](=O)[O-])c1. The molecular weight excluding hydrogens is 296 g/mol. The fourth-order valence-electron chi connectivity index (χ4n) is 1.93. The van der Waals surface area contributed by atoms with Gasteiger partial charge in [-0.3, -0.25) is 16.0 Å². The highest BCUT2D eigenvalue weighted by Gasteiger charge is 2.23. The Morgan fingerprint density at radius 1 is 1.38 bits per heavy atom. The van der Waals surface area contributed by atoms with Gasteiger partial charge >= 0.3 is 0 Å². The minimum absolute atomic E-state index is 0.0551. The second-order valence-electron chi connectivity index (χ2n) is 4.60. The summed E-state index contributed by atoms with van der Waals surface area (Å²) in [6.45, 7) is 3.84. The van der Waals surface area contributed by atoms with E-state index in [-0.39, 0.29) is 22.3 Å². The molecule has 1 aromatic carbocycles. The predicted octanol–water partition coefficient (Wildman–Crippen LogP) is 1.74. The molecule has 0 aliphatic carbocycles. The number of anilines is 1. The van der Waals surface area contributed by atoms with Crippen LogP contribution < -0.4 is 16.0 Å². The summed E-state index contributed by atoms with van der Waals surface area (Å²) in [5, 5.41) is 10.9. The van der Waals surface area contributed by atoms with Crippen LogP contribution in [-0.2, 0) is 10.0 Å². The number of nitrogens with zero attached hydrogens (tertiary/aromatic N) is 1. The van der Waals surface area contributed by atoms with Gasteiger partial charge in [0.2, 0.25) is 10.0 Å². The molecule has 4 N–H and O–H groups in total. The summed E-state index contributed by atoms with van der Waals surface area (Å²) in [5.41, 5.74) is 1.84. The standard InChI is InChI=1S/C12H20N4O4S/c1-3-5-9(4-2)15-21(19,20)10-6-7-11(14-13)12(8-10)16(17)18/h6-9,14-15H,3-5,13H2,1-2H3. The van der Waals surface area contributed by atoms with Gasteiger partial charge in [-0.05, 0) is 25.0 Å². The van der Waals surface area contributed by atoms with Crippen molar-refractivity contribution in [3.05, 3.63) is 28.3 Å². The number of benzene rings is 1. The van der Waals surface area contributed by atoms with Crippen molar-refractivity contribution in [3.8, 4) is 0 Å². The lowest BCUT2D eigenvalue weighted by atomic mass is 10.1. The Morgan fingerprint density at radius 3 is 2.52 bits per heavy atom. The van der Waals surface area contributed by atoms with Crippen molar-refractivity contribution in [1.29, 1.82) is 0 Å². The van der Waals surface area contributed by atoms with Crippen molar-refractivity contribution in [3.63, 3.8) is 0 Å². The molecule has 0 saturated carbocycles. The summed E-state index contributed by atoms with van der Waals surface area (Å²) in [7, 11) is -3.80. The summed E-state index contributed by atoms with van der Waals surface area (Å²) in [5.74, 6) is 5.17. The molecule has 1 rings (SSSR count). The van der Waals surface area contributed by atoms with E-state index in [2.05, 4.69) is 10.1 Å². The van der Waals surface area contributed by atoms with Crippen LogP contribution >= 0.6 is 0 Å². The molecule has 0 radical (unpaired) electrons. The van der Waals surface area contributed by atoms with Crippen molar-refractivity contribution in [1.82, 2.24) is 4.72 Å². The molecule has 0 heterocycles. The molecule has 0 fully saturated rings. The number of hydrogen-bond donors (Lipinski definition) is 3. The molecule has 118 valence electrons. The molecular formula is C12H20N4O4S. The van der Waals surface area contributed by atoms with Crippen LogP contribution in [0.5, 0.6) is 0 Å². The molecule has 21 heavy (non-hydrogen) atoms. The van der Waals surface area contributed by atoms with Crippen LogP contribution in [0.25, 0.3) is 0 Å². The Hall–Kier alpha value is -1.71. The lowest BCUT2D eigenvalue weighted by Gasteiger charge is -2.16. The molecule has 0 saturated heterocycles. The van der Waals surface area contributed by atoms with Crippen LogP contribution in [0.2, 0.25) is 0 Å². The summed E-state index contributed by atoms with van der Waals surface area (Å²) < 4.78 is 27.1. The monoisotopic (exact) mass is 316 g/mol. The number of nitro groups is 1. The van der Waals surface area contributed by atoms with Crippen LogP contribution in [0.3, 0.4) is 0 Å². The van der Waals surface area contributed by atoms with Crippen molar-refractivity contribution >= 4 is 21.4 Å². The third-order valence-corrected chi connectivity index (χ3v) is 4.60. The Kier molecular flexibility index (Phi) is 6.06. The van der Waals surface area contributed by atoms with E-state index in [1.165, 1.54) is 12.1 Å². The fourth-order valence-corrected chi connectivity index (χ4v) is 3.31. The number of sulfonamides is 1. The van der Waals surface area contributed by atoms with Gasteiger partial charge in [0.1, 0.15) is 5.69 Å². The van der Waals surface area contributed by atoms with E-state index in [1.807, 2.05) is 13.8 Å². The van der Waals surface area contributed by atoms with Crippen molar-refractivity contribution in [2.45, 2.75) is 44.0 Å². The molecule has 0 aliphatic heterocycles. The van der Waals surface area contributed by atoms with E-state index >= 15 is 0 Å². The van der Waals surface area contributed by atoms with Crippen molar-refractivity contribution in [2.24, 2.45) is 5.84 Å². The second kappa shape index (κ2) is 7.34. The van der Waals surface area contributed by atoms with Gasteiger partial charge in [0.15, 0.2) is 0 Å². The highest BCUT2D eigenvalue weighted by atomic mass is 32.2. The van der Waals surface area contributed by atoms with Crippen molar-refractivity contribution < 1.29 is 13.3 Å². The first-order valence-electron chi connectivity index (χ1n) is 6.63. The van der Waals surface area contributed by atoms with Crippen molar-refractivity contribution in [2.75, 3.05) is 5.43 Å². The van der Waals surface area contributed by atoms with Gasteiger partial charge in [0.05, 0.1) is 9.82 Å². The largest absolute Gasteiger partial charge is 0.318 e. The zero-order valence-corrected chi connectivity index (χ0v) is 12.8. The minimum Gasteiger partial charge on any atom is -0.318 e. The maximum atomic E-state index is 12.3. The number of nitrogens with one attached hydrogen (secondary N) is 2. The van der Waals surface area contributed by atoms with Gasteiger partial charge in [0.25, 0.3) is 5.69 Å². The zero-order valence-electron chi connectivity index (χ0n) is 12.0. The Labute approximate surface area is 123 Å². The molecule has 9 heteroatoms. The second-order valence-corrected chi connectivity index (χ2v) is 6.31. The molecule has 1 aromatic rings. The zero-order chi connectivity index (χ0) is 16.0. The molecule has 0 aliphatic rings. The lowest BCUT2D eigenvalue weighted by molar-refractivity contribution is -0.384. The number of rotatable bonds is 8. The minimum atomic E-state index is -3.80. The summed E-state index contributed by atoms with van der Waals surface area (Å²) in [6.07, 6.45) is 2.20. The van der Waals surface area contributed by atoms with E-state index in [1.54, 1.807) is 0 Å². The maximum absolute atomic E-state index is 12.3. The number of hydrogen-bond acceptors (Lipinski definition) is 6. The quantitative estimate of drug-likeness (QED) is 0.381. The smallest absolute Gasteiger partial charge is 0.294 e. The van der Waals surface area contributed by atoms with Gasteiger partial charge in [-0.2, -0.15) is 0 Å². The van der Waals surface area contributed by atoms with Gasteiger partial charge in [-0.15, -0.1) is 0 Å². The Balaban J connectivity index is 3.14. The first-order valence-corrected chi connectivity index (χ1v) is 8.11. The lowest BCUT2D eigenvalue weighted by Crippen LogP contribution is -2.34. The molecule has 1 atom stereocenters. The first kappa shape index (κ1) is 17.3. The van der Waals surface area contributed by atoms with E-state index < -0.39 is 14.9 Å². The topological polar surface area (TPSA) is 127 Å². The van der Waals surface area contributed by atoms with Crippen LogP contribution in [0, 0.1) is 10.1 Å². The van der Waals surface area contributed by atoms with E-state index in [0.29, 0.717) is 12.8 Å². The van der Waals surface area contributed by atoms with Gasteiger partial charge in [0, 0.05) is 12.1 Å². The van der Waals surface area contributed by atoms with Crippen LogP contribution in [-0.4, -0.2) is 19.4 Å². The first-order chi connectivity index (χ1) is 9.85. The summed E-state index contributed by atoms with van der Waals surface area (Å²) in [6, 6.07) is 3.36. The number of nitrogen functional groups attached to an aromatic ring is 1. The molecule has 0 amide bonds. The molecule has 0 bridgehead atoms. The van der Waals surface area contributed by atoms with E-state index in [0.717, 1.165) is 12.5 Å². The fraction of sp³-hybridized carbons (Fsp3) is 0.500. The maximum Gasteiger partial charge on any atom is 0.294 e. The van der Waals surface area contributed by atoms with E-state index in [4.69, 9.17) is 5.84 Å². The third kappa shape index (κ3) is 4.38. The average molecular weight is 316 g/mol. The van der Waals surface area contributed by atoms with Crippen LogP contribution in [0.15, 0.2) is 23.1 Å². The molecule has 0 aromatic heterocycles.